The second kappa shape index (κ2) is 5.26. The van der Waals surface area contributed by atoms with Crippen molar-refractivity contribution in [1.82, 2.24) is 4.98 Å². The van der Waals surface area contributed by atoms with E-state index < -0.39 is 0 Å². The number of carbonyl (C=O) groups excluding carboxylic acids is 1. The van der Waals surface area contributed by atoms with E-state index in [1.165, 1.54) is 22.5 Å². The molecule has 1 aliphatic carbocycles. The lowest BCUT2D eigenvalue weighted by molar-refractivity contribution is 0.0464. The minimum absolute atomic E-state index is 0.0292. The fourth-order valence-corrected chi connectivity index (χ4v) is 2.89. The predicted octanol–water partition coefficient (Wildman–Crippen LogP) is 3.95. The van der Waals surface area contributed by atoms with Crippen LogP contribution in [0.4, 0.5) is 0 Å². The summed E-state index contributed by atoms with van der Waals surface area (Å²) in [6, 6.07) is 18.1. The molecule has 2 unspecified atom stereocenters. The lowest BCUT2D eigenvalue weighted by atomic mass is 10.0. The highest BCUT2D eigenvalue weighted by Crippen LogP contribution is 2.46. The Morgan fingerprint density at radius 3 is 2.77 bits per heavy atom. The summed E-state index contributed by atoms with van der Waals surface area (Å²) in [4.78, 5) is 16.0. The number of nitrogens with zero attached hydrogens (tertiary/aromatic N) is 1. The van der Waals surface area contributed by atoms with Gasteiger partial charge in [-0.05, 0) is 34.9 Å². The van der Waals surface area contributed by atoms with Gasteiger partial charge in [0.1, 0.15) is 6.10 Å². The topological polar surface area (TPSA) is 39.2 Å². The molecule has 108 valence electrons. The third-order valence-corrected chi connectivity index (χ3v) is 4.11. The zero-order valence-electron chi connectivity index (χ0n) is 12.0. The minimum Gasteiger partial charge on any atom is -0.458 e. The maximum absolute atomic E-state index is 12.1. The number of hydrogen-bond acceptors (Lipinski definition) is 3. The quantitative estimate of drug-likeness (QED) is 0.685. The van der Waals surface area contributed by atoms with Gasteiger partial charge in [-0.1, -0.05) is 42.5 Å². The molecule has 0 bridgehead atoms. The van der Waals surface area contributed by atoms with E-state index in [0.29, 0.717) is 11.5 Å². The zero-order valence-corrected chi connectivity index (χ0v) is 12.0. The molecule has 0 spiro atoms. The van der Waals surface area contributed by atoms with Gasteiger partial charge in [0.2, 0.25) is 0 Å². The van der Waals surface area contributed by atoms with Crippen LogP contribution in [-0.2, 0) is 4.74 Å². The van der Waals surface area contributed by atoms with Crippen LogP contribution >= 0.6 is 0 Å². The first kappa shape index (κ1) is 13.0. The fourth-order valence-electron chi connectivity index (χ4n) is 2.89. The van der Waals surface area contributed by atoms with Crippen LogP contribution in [0.25, 0.3) is 10.8 Å². The number of rotatable bonds is 3. The standard InChI is InChI=1S/C19H15NO2/c21-19(14-7-4-10-20-12-14)22-18-11-17(18)16-9-3-6-13-5-1-2-8-15(13)16/h1-10,12,17-18H,11H2. The highest BCUT2D eigenvalue weighted by atomic mass is 16.5. The molecule has 3 nitrogen and oxygen atoms in total. The van der Waals surface area contributed by atoms with E-state index in [4.69, 9.17) is 4.74 Å². The van der Waals surface area contributed by atoms with Crippen LogP contribution < -0.4 is 0 Å². The predicted molar refractivity (Wildman–Crippen MR) is 84.7 cm³/mol. The molecule has 1 saturated carbocycles. The first-order valence-corrected chi connectivity index (χ1v) is 7.41. The summed E-state index contributed by atoms with van der Waals surface area (Å²) in [7, 11) is 0. The summed E-state index contributed by atoms with van der Waals surface area (Å²) < 4.78 is 5.58. The van der Waals surface area contributed by atoms with Gasteiger partial charge in [-0.25, -0.2) is 4.79 Å². The smallest absolute Gasteiger partial charge is 0.339 e. The van der Waals surface area contributed by atoms with E-state index in [-0.39, 0.29) is 12.1 Å². The Morgan fingerprint density at radius 1 is 1.05 bits per heavy atom. The van der Waals surface area contributed by atoms with Gasteiger partial charge in [-0.2, -0.15) is 0 Å². The number of esters is 1. The third-order valence-electron chi connectivity index (χ3n) is 4.11. The van der Waals surface area contributed by atoms with E-state index >= 15 is 0 Å². The van der Waals surface area contributed by atoms with Crippen LogP contribution in [0.2, 0.25) is 0 Å². The van der Waals surface area contributed by atoms with Gasteiger partial charge in [0, 0.05) is 18.3 Å². The van der Waals surface area contributed by atoms with E-state index in [1.54, 1.807) is 18.3 Å². The fraction of sp³-hybridized carbons (Fsp3) is 0.158. The number of pyridine rings is 1. The molecule has 4 rings (SSSR count). The Labute approximate surface area is 128 Å². The van der Waals surface area contributed by atoms with Crippen molar-refractivity contribution < 1.29 is 9.53 Å². The van der Waals surface area contributed by atoms with Crippen molar-refractivity contribution in [2.24, 2.45) is 0 Å². The van der Waals surface area contributed by atoms with Gasteiger partial charge in [0.05, 0.1) is 5.56 Å². The Hall–Kier alpha value is -2.68. The number of fused-ring (bicyclic) bond motifs is 1. The van der Waals surface area contributed by atoms with Gasteiger partial charge in [0.15, 0.2) is 0 Å². The van der Waals surface area contributed by atoms with Gasteiger partial charge < -0.3 is 4.74 Å². The highest BCUT2D eigenvalue weighted by Gasteiger charge is 2.42. The molecular formula is C19H15NO2. The van der Waals surface area contributed by atoms with Crippen LogP contribution in [0.5, 0.6) is 0 Å². The molecule has 0 aliphatic heterocycles. The van der Waals surface area contributed by atoms with Crippen LogP contribution in [0.3, 0.4) is 0 Å². The zero-order chi connectivity index (χ0) is 14.9. The Morgan fingerprint density at radius 2 is 1.91 bits per heavy atom. The summed E-state index contributed by atoms with van der Waals surface area (Å²) >= 11 is 0. The molecule has 0 radical (unpaired) electrons. The number of ether oxygens (including phenoxy) is 1. The molecule has 1 aliphatic rings. The second-order valence-electron chi connectivity index (χ2n) is 5.60. The largest absolute Gasteiger partial charge is 0.458 e. The normalized spacial score (nSPS) is 19.8. The van der Waals surface area contributed by atoms with Crippen molar-refractivity contribution in [1.29, 1.82) is 0 Å². The lowest BCUT2D eigenvalue weighted by Gasteiger charge is -2.07. The summed E-state index contributed by atoms with van der Waals surface area (Å²) in [6.07, 6.45) is 4.04. The average Bonchev–Trinajstić information content (AvgIpc) is 3.34. The molecule has 22 heavy (non-hydrogen) atoms. The lowest BCUT2D eigenvalue weighted by Crippen LogP contribution is -2.08. The third kappa shape index (κ3) is 2.35. The van der Waals surface area contributed by atoms with Crippen LogP contribution in [0.1, 0.15) is 28.3 Å². The average molecular weight is 289 g/mol. The SMILES string of the molecule is O=C(OC1CC1c1cccc2ccccc12)c1cccnc1. The number of aromatic nitrogens is 1. The summed E-state index contributed by atoms with van der Waals surface area (Å²) in [5.74, 6) is 0.00700. The van der Waals surface area contributed by atoms with Gasteiger partial charge in [-0.3, -0.25) is 4.98 Å². The van der Waals surface area contributed by atoms with E-state index in [1.807, 2.05) is 12.1 Å². The summed E-state index contributed by atoms with van der Waals surface area (Å²) in [6.45, 7) is 0. The van der Waals surface area contributed by atoms with Crippen molar-refractivity contribution in [2.75, 3.05) is 0 Å². The van der Waals surface area contributed by atoms with Gasteiger partial charge in [-0.15, -0.1) is 0 Å². The molecule has 3 aromatic rings. The minimum atomic E-state index is -0.291. The van der Waals surface area contributed by atoms with E-state index in [0.717, 1.165) is 6.42 Å². The first-order chi connectivity index (χ1) is 10.8. The molecule has 1 heterocycles. The van der Waals surface area contributed by atoms with E-state index in [9.17, 15) is 4.79 Å². The second-order valence-corrected chi connectivity index (χ2v) is 5.60. The molecule has 0 amide bonds. The molecule has 2 aromatic carbocycles. The maximum Gasteiger partial charge on any atom is 0.339 e. The van der Waals surface area contributed by atoms with Crippen LogP contribution in [-0.4, -0.2) is 17.1 Å². The number of carbonyl (C=O) groups is 1. The molecule has 1 fully saturated rings. The molecular weight excluding hydrogens is 274 g/mol. The molecule has 2 atom stereocenters. The van der Waals surface area contributed by atoms with Gasteiger partial charge in [0.25, 0.3) is 0 Å². The molecule has 3 heteroatoms. The van der Waals surface area contributed by atoms with Crippen molar-refractivity contribution in [3.05, 3.63) is 78.1 Å². The summed E-state index contributed by atoms with van der Waals surface area (Å²) in [5.41, 5.74) is 1.77. The molecule has 1 aromatic heterocycles. The van der Waals surface area contributed by atoms with Crippen molar-refractivity contribution in [3.8, 4) is 0 Å². The highest BCUT2D eigenvalue weighted by molar-refractivity contribution is 5.90. The number of benzene rings is 2. The van der Waals surface area contributed by atoms with Gasteiger partial charge >= 0.3 is 5.97 Å². The summed E-state index contributed by atoms with van der Waals surface area (Å²) in [5, 5.41) is 2.47. The Bertz CT molecular complexity index is 824. The van der Waals surface area contributed by atoms with Crippen LogP contribution in [0, 0.1) is 0 Å². The van der Waals surface area contributed by atoms with E-state index in [2.05, 4.69) is 35.3 Å². The van der Waals surface area contributed by atoms with Crippen LogP contribution in [0.15, 0.2) is 67.0 Å². The first-order valence-electron chi connectivity index (χ1n) is 7.41. The number of hydrogen-bond donors (Lipinski definition) is 0. The maximum atomic E-state index is 12.1. The molecule has 0 N–H and O–H groups in total. The Kier molecular flexibility index (Phi) is 3.11. The monoisotopic (exact) mass is 289 g/mol. The Balaban J connectivity index is 1.53. The van der Waals surface area contributed by atoms with Crippen molar-refractivity contribution in [2.45, 2.75) is 18.4 Å². The molecule has 0 saturated heterocycles. The van der Waals surface area contributed by atoms with Crippen molar-refractivity contribution >= 4 is 16.7 Å². The van der Waals surface area contributed by atoms with Crippen molar-refractivity contribution in [3.63, 3.8) is 0 Å².